The minimum Gasteiger partial charge on any atom is -0.459 e. The molecule has 9 aromatic rings. The van der Waals surface area contributed by atoms with Gasteiger partial charge in [0.25, 0.3) is 0 Å². The topological polar surface area (TPSA) is 230 Å². The Labute approximate surface area is 541 Å². The normalized spacial score (nSPS) is 15.4. The zero-order valence-electron chi connectivity index (χ0n) is 47.5. The van der Waals surface area contributed by atoms with Crippen molar-refractivity contribution in [3.05, 3.63) is 269 Å². The first-order chi connectivity index (χ1) is 45.1. The summed E-state index contributed by atoms with van der Waals surface area (Å²) in [7, 11) is 0. The fourth-order valence-corrected chi connectivity index (χ4v) is 16.5. The van der Waals surface area contributed by atoms with Crippen LogP contribution in [0.15, 0.2) is 191 Å². The molecule has 4 aliphatic carbocycles. The van der Waals surface area contributed by atoms with Crippen molar-refractivity contribution in [1.82, 2.24) is 0 Å². The van der Waals surface area contributed by atoms with Crippen molar-refractivity contribution in [1.29, 1.82) is 21.0 Å². The summed E-state index contributed by atoms with van der Waals surface area (Å²) in [6, 6.07) is 45.1. The van der Waals surface area contributed by atoms with Crippen molar-refractivity contribution in [2.75, 3.05) is 0 Å². The van der Waals surface area contributed by atoms with E-state index in [0.717, 1.165) is 52.2 Å². The number of ether oxygens (including phenoxy) is 4. The van der Waals surface area contributed by atoms with Crippen LogP contribution < -0.4 is 0 Å². The number of halogens is 4. The number of nitriles is 4. The highest BCUT2D eigenvalue weighted by Gasteiger charge is 2.71. The molecule has 0 saturated carbocycles. The Kier molecular flexibility index (Phi) is 15.7. The number of nitrogens with zero attached hydrogens (tertiary/aromatic N) is 5. The lowest BCUT2D eigenvalue weighted by Crippen LogP contribution is -2.46. The van der Waals surface area contributed by atoms with Gasteiger partial charge in [-0.1, -0.05) is 134 Å². The summed E-state index contributed by atoms with van der Waals surface area (Å²) in [5.41, 5.74) is -9.19. The molecule has 0 unspecified atom stereocenters. The molecular weight excluding hydrogens is 1270 g/mol. The molecule has 0 atom stereocenters. The second-order valence-electron chi connectivity index (χ2n) is 21.2. The number of aliphatic imine (C=N–C) groups is 1. The van der Waals surface area contributed by atoms with E-state index in [2.05, 4.69) is 0 Å². The molecule has 0 amide bonds. The van der Waals surface area contributed by atoms with Crippen LogP contribution in [0, 0.1) is 74.0 Å². The molecule has 0 N–H and O–H groups in total. The molecule has 13 rings (SSSR count). The highest BCUT2D eigenvalue weighted by atomic mass is 32.1. The van der Waals surface area contributed by atoms with Crippen LogP contribution in [0.3, 0.4) is 0 Å². The molecule has 4 aliphatic rings. The van der Waals surface area contributed by atoms with E-state index in [1.54, 1.807) is 152 Å². The Morgan fingerprint density at radius 1 is 0.516 bits per heavy atom. The second kappa shape index (κ2) is 24.1. The number of carbonyl (C=O) groups excluding carboxylic acids is 5. The number of thiophene rings is 3. The fraction of sp³-hybridized carbons (Fsp3) is 0.0845. The molecule has 22 heteroatoms. The summed E-state index contributed by atoms with van der Waals surface area (Å²) in [6.07, 6.45) is 2.49. The maximum Gasteiger partial charge on any atom is 0.334 e. The zero-order chi connectivity index (χ0) is 65.0. The first kappa shape index (κ1) is 60.5. The summed E-state index contributed by atoms with van der Waals surface area (Å²) >= 11 is 8.97. The summed E-state index contributed by atoms with van der Waals surface area (Å²) in [4.78, 5) is 84.3. The number of carbonyl (C=O) groups is 5. The first-order valence-electron chi connectivity index (χ1n) is 27.9. The molecule has 0 radical (unpaired) electrons. The largest absolute Gasteiger partial charge is 0.459 e. The van der Waals surface area contributed by atoms with Crippen molar-refractivity contribution >= 4 is 128 Å². The first-order valence-corrected chi connectivity index (χ1v) is 30.7. The standard InChI is InChI=1S/C71H35F4N5O9S4/c72-49-23-43-45(25-51(49)74)60(81)47(55(43)40(28-76)29-77)21-42-22-53-62(91-42)65-64(92-53)58-63(93-65)57-48(70(58,66(82)86-32-36-13-5-1-6-14-36)67(83)87-33-37-15-7-2-8-16-37)27-54(80-59-56(41(30-78)31-79)44-24-50(73)52(75)26-46(44)61(59)90)71(57,68(84)88-34-38-17-9-3-10-18-38)69(85)89-35-39-19-11-4-12-20-39/h1-27H,32-35H2/b47-21+,80-59?. The van der Waals surface area contributed by atoms with Gasteiger partial charge in [0.2, 0.25) is 10.8 Å². The van der Waals surface area contributed by atoms with Crippen LogP contribution in [0.1, 0.15) is 64.6 Å². The Morgan fingerprint density at radius 3 is 1.40 bits per heavy atom. The molecule has 3 heterocycles. The number of esters is 4. The third kappa shape index (κ3) is 9.88. The summed E-state index contributed by atoms with van der Waals surface area (Å²) in [5.74, 6) is -11.5. The van der Waals surface area contributed by atoms with Crippen LogP contribution in [-0.2, 0) is 70.0 Å². The van der Waals surface area contributed by atoms with Crippen LogP contribution in [0.25, 0.3) is 41.6 Å². The van der Waals surface area contributed by atoms with Gasteiger partial charge < -0.3 is 18.9 Å². The summed E-state index contributed by atoms with van der Waals surface area (Å²) < 4.78 is 86.9. The number of benzene rings is 6. The van der Waals surface area contributed by atoms with Crippen LogP contribution in [-0.4, -0.2) is 40.2 Å². The van der Waals surface area contributed by atoms with Gasteiger partial charge in [-0.25, -0.2) is 22.6 Å². The Bertz CT molecular complexity index is 5070. The van der Waals surface area contributed by atoms with Gasteiger partial charge in [-0.2, -0.15) is 21.0 Å². The minimum atomic E-state index is -3.07. The highest BCUT2D eigenvalue weighted by molar-refractivity contribution is 7.83. The zero-order valence-corrected chi connectivity index (χ0v) is 50.7. The third-order valence-corrected chi connectivity index (χ3v) is 20.3. The molecule has 450 valence electrons. The van der Waals surface area contributed by atoms with E-state index >= 15 is 28.0 Å². The van der Waals surface area contributed by atoms with Gasteiger partial charge >= 0.3 is 23.9 Å². The average Bonchev–Trinajstić information content (AvgIpc) is 1.49. The second-order valence-corrected chi connectivity index (χ2v) is 24.8. The van der Waals surface area contributed by atoms with Gasteiger partial charge in [-0.15, -0.1) is 34.0 Å². The Balaban J connectivity index is 1.11. The predicted octanol–water partition coefficient (Wildman–Crippen LogP) is 14.4. The Morgan fingerprint density at radius 2 is 0.935 bits per heavy atom. The van der Waals surface area contributed by atoms with Crippen molar-refractivity contribution < 1.29 is 60.5 Å². The molecule has 6 aromatic carbocycles. The van der Waals surface area contributed by atoms with Gasteiger partial charge in [0, 0.05) is 53.4 Å². The van der Waals surface area contributed by atoms with Crippen LogP contribution in [0.4, 0.5) is 17.6 Å². The third-order valence-electron chi connectivity index (χ3n) is 16.0. The lowest BCUT2D eigenvalue weighted by molar-refractivity contribution is -0.167. The number of ketones is 1. The highest BCUT2D eigenvalue weighted by Crippen LogP contribution is 2.67. The maximum atomic E-state index is 16.4. The van der Waals surface area contributed by atoms with Crippen molar-refractivity contribution in [3.8, 4) is 24.3 Å². The quantitative estimate of drug-likeness (QED) is 0.0188. The van der Waals surface area contributed by atoms with E-state index in [-0.39, 0.29) is 59.0 Å². The van der Waals surface area contributed by atoms with E-state index in [0.29, 0.717) is 53.4 Å². The molecule has 3 aromatic heterocycles. The molecular formula is C71H35F4N5O9S4. The lowest BCUT2D eigenvalue weighted by atomic mass is 9.77. The van der Waals surface area contributed by atoms with E-state index < -0.39 is 124 Å². The van der Waals surface area contributed by atoms with Gasteiger partial charge in [-0.3, -0.25) is 24.0 Å². The van der Waals surface area contributed by atoms with Crippen LogP contribution in [0.5, 0.6) is 0 Å². The fourth-order valence-electron chi connectivity index (χ4n) is 11.8. The van der Waals surface area contributed by atoms with E-state index in [9.17, 15) is 34.6 Å². The van der Waals surface area contributed by atoms with Crippen LogP contribution in [0.2, 0.25) is 0 Å². The SMILES string of the molecule is N#CC(C#N)=C1C(=NC2=CC3=C(c4sc5c(sc6cc(/C=C7/C(=O)c8cc(F)c(F)cc8C7=C(C#N)C#N)sc65)c4C3(C(=O)OCc3ccccc3)C(=O)OCc3ccccc3)C2(C(=O)OCc2ccccc2)C(=O)OCc2ccccc2)C(=S)c2cc(F)c(F)cc21. The van der Waals surface area contributed by atoms with E-state index in [1.165, 1.54) is 6.08 Å². The monoisotopic (exact) mass is 1310 g/mol. The summed E-state index contributed by atoms with van der Waals surface area (Å²) in [6.45, 7) is -1.92. The smallest absolute Gasteiger partial charge is 0.334 e. The minimum absolute atomic E-state index is 0.0649. The number of hydrogen-bond donors (Lipinski definition) is 0. The van der Waals surface area contributed by atoms with Crippen molar-refractivity contribution in [2.45, 2.75) is 31.8 Å². The molecule has 14 nitrogen and oxygen atoms in total. The number of rotatable bonds is 14. The molecule has 93 heavy (non-hydrogen) atoms. The number of allylic oxidation sites excluding steroid dienone is 6. The number of hydrogen-bond acceptors (Lipinski definition) is 18. The van der Waals surface area contributed by atoms with Gasteiger partial charge in [0.1, 0.15) is 61.9 Å². The number of thiocarbonyl (C=S) groups is 1. The van der Waals surface area contributed by atoms with Gasteiger partial charge in [0.05, 0.1) is 30.4 Å². The maximum absolute atomic E-state index is 16.4. The molecule has 0 bridgehead atoms. The van der Waals surface area contributed by atoms with Crippen molar-refractivity contribution in [2.24, 2.45) is 10.4 Å². The number of fused-ring (bicyclic) bond motifs is 8. The van der Waals surface area contributed by atoms with Gasteiger partial charge in [0.15, 0.2) is 29.1 Å². The Hall–Kier alpha value is -11.4. The van der Waals surface area contributed by atoms with E-state index in [4.69, 9.17) is 36.2 Å². The number of Topliss-reactive ketones (excluding diaryl/α,β-unsaturated/α-hetero) is 1. The predicted molar refractivity (Wildman–Crippen MR) is 340 cm³/mol. The molecule has 0 fully saturated rings. The summed E-state index contributed by atoms with van der Waals surface area (Å²) in [5, 5.41) is 41.2. The van der Waals surface area contributed by atoms with E-state index in [1.807, 2.05) is 0 Å². The molecule has 0 spiro atoms. The molecule has 0 aliphatic heterocycles. The average molecular weight is 1310 g/mol. The molecule has 0 saturated heterocycles. The lowest BCUT2D eigenvalue weighted by Gasteiger charge is -2.29. The van der Waals surface area contributed by atoms with Gasteiger partial charge in [-0.05, 0) is 81.4 Å². The van der Waals surface area contributed by atoms with Crippen LogP contribution >= 0.6 is 46.2 Å². The van der Waals surface area contributed by atoms with Crippen molar-refractivity contribution in [3.63, 3.8) is 0 Å².